The second-order valence-corrected chi connectivity index (χ2v) is 5.68. The van der Waals surface area contributed by atoms with Crippen molar-refractivity contribution < 1.29 is 14.6 Å². The molecule has 1 fully saturated rings. The van der Waals surface area contributed by atoms with E-state index < -0.39 is 18.0 Å². The summed E-state index contributed by atoms with van der Waals surface area (Å²) in [6, 6.07) is 0. The van der Waals surface area contributed by atoms with Gasteiger partial charge in [-0.3, -0.25) is 4.99 Å². The van der Waals surface area contributed by atoms with Gasteiger partial charge in [-0.15, -0.1) is 0 Å². The summed E-state index contributed by atoms with van der Waals surface area (Å²) in [7, 11) is 0. The van der Waals surface area contributed by atoms with E-state index in [1.807, 2.05) is 13.8 Å². The van der Waals surface area contributed by atoms with Crippen LogP contribution in [0.2, 0.25) is 0 Å². The second kappa shape index (κ2) is 5.50. The molecule has 0 aromatic carbocycles. The van der Waals surface area contributed by atoms with E-state index in [1.54, 1.807) is 0 Å². The monoisotopic (exact) mass is 280 g/mol. The average molecular weight is 280 g/mol. The van der Waals surface area contributed by atoms with Crippen LogP contribution in [-0.4, -0.2) is 28.1 Å². The molecule has 4 nitrogen and oxygen atoms in total. The summed E-state index contributed by atoms with van der Waals surface area (Å²) in [6.45, 7) is 7.23. The molecule has 2 rings (SSSR count). The largest absolute Gasteiger partial charge is 0.399 e. The first-order valence-electron chi connectivity index (χ1n) is 6.77. The Hall–Kier alpha value is -1.46. The number of rotatable bonds is 3. The fourth-order valence-corrected chi connectivity index (χ4v) is 3.01. The SMILES string of the molecule is C=C(N)C1=C(N=C(C)C)C(C2CCC(O)C2O)C=C1F. The van der Waals surface area contributed by atoms with Crippen LogP contribution in [0.1, 0.15) is 26.7 Å². The summed E-state index contributed by atoms with van der Waals surface area (Å²) >= 11 is 0. The summed E-state index contributed by atoms with van der Waals surface area (Å²) in [6.07, 6.45) is 0.953. The summed E-state index contributed by atoms with van der Waals surface area (Å²) in [5.41, 5.74) is 7.31. The molecule has 0 aliphatic heterocycles. The molecule has 1 saturated carbocycles. The minimum Gasteiger partial charge on any atom is -0.399 e. The topological polar surface area (TPSA) is 78.8 Å². The van der Waals surface area contributed by atoms with E-state index in [0.717, 1.165) is 5.71 Å². The molecule has 110 valence electrons. The van der Waals surface area contributed by atoms with Gasteiger partial charge >= 0.3 is 0 Å². The van der Waals surface area contributed by atoms with Crippen molar-refractivity contribution in [3.63, 3.8) is 0 Å². The van der Waals surface area contributed by atoms with Gasteiger partial charge in [-0.2, -0.15) is 0 Å². The van der Waals surface area contributed by atoms with Gasteiger partial charge in [0.15, 0.2) is 0 Å². The van der Waals surface area contributed by atoms with Crippen LogP contribution >= 0.6 is 0 Å². The zero-order valence-corrected chi connectivity index (χ0v) is 11.8. The minimum atomic E-state index is -0.864. The van der Waals surface area contributed by atoms with Gasteiger partial charge in [-0.1, -0.05) is 6.58 Å². The predicted molar refractivity (Wildman–Crippen MR) is 76.6 cm³/mol. The van der Waals surface area contributed by atoms with E-state index in [1.165, 1.54) is 6.08 Å². The number of hydrogen-bond donors (Lipinski definition) is 3. The Kier molecular flexibility index (Phi) is 4.11. The van der Waals surface area contributed by atoms with Crippen molar-refractivity contribution in [2.75, 3.05) is 0 Å². The maximum Gasteiger partial charge on any atom is 0.131 e. The summed E-state index contributed by atoms with van der Waals surface area (Å²) < 4.78 is 14.1. The van der Waals surface area contributed by atoms with Crippen LogP contribution in [0.5, 0.6) is 0 Å². The van der Waals surface area contributed by atoms with Gasteiger partial charge in [0.05, 0.1) is 23.5 Å². The Morgan fingerprint density at radius 1 is 1.40 bits per heavy atom. The van der Waals surface area contributed by atoms with Gasteiger partial charge in [0, 0.05) is 17.3 Å². The molecule has 0 bridgehead atoms. The average Bonchev–Trinajstić information content (AvgIpc) is 2.81. The lowest BCUT2D eigenvalue weighted by atomic mass is 9.87. The van der Waals surface area contributed by atoms with Crippen LogP contribution in [0.15, 0.2) is 40.4 Å². The van der Waals surface area contributed by atoms with Crippen LogP contribution in [0, 0.1) is 11.8 Å². The lowest BCUT2D eigenvalue weighted by molar-refractivity contribution is 0.0144. The quantitative estimate of drug-likeness (QED) is 0.690. The normalized spacial score (nSPS) is 33.4. The smallest absolute Gasteiger partial charge is 0.131 e. The van der Waals surface area contributed by atoms with Crippen LogP contribution < -0.4 is 5.73 Å². The first-order valence-corrected chi connectivity index (χ1v) is 6.77. The molecule has 0 amide bonds. The number of nitrogens with zero attached hydrogens (tertiary/aromatic N) is 1. The molecule has 20 heavy (non-hydrogen) atoms. The van der Waals surface area contributed by atoms with Crippen molar-refractivity contribution in [2.45, 2.75) is 38.9 Å². The van der Waals surface area contributed by atoms with Crippen LogP contribution in [0.4, 0.5) is 4.39 Å². The van der Waals surface area contributed by atoms with Crippen LogP contribution in [0.3, 0.4) is 0 Å². The van der Waals surface area contributed by atoms with E-state index in [9.17, 15) is 14.6 Å². The molecule has 0 heterocycles. The third kappa shape index (κ3) is 2.55. The molecule has 0 aromatic rings. The highest BCUT2D eigenvalue weighted by atomic mass is 19.1. The second-order valence-electron chi connectivity index (χ2n) is 5.68. The highest BCUT2D eigenvalue weighted by molar-refractivity contribution is 5.80. The lowest BCUT2D eigenvalue weighted by Crippen LogP contribution is -2.29. The Labute approximate surface area is 118 Å². The molecule has 4 N–H and O–H groups in total. The lowest BCUT2D eigenvalue weighted by Gasteiger charge is -2.23. The van der Waals surface area contributed by atoms with Gasteiger partial charge in [-0.05, 0) is 38.7 Å². The standard InChI is InChI=1S/C15H21FN2O2/c1-7(2)18-14-10(6-11(16)13(14)8(3)17)9-4-5-12(19)15(9)20/h6,9-10,12,15,19-20H,3-5,17H2,1-2H3. The van der Waals surface area contributed by atoms with E-state index in [2.05, 4.69) is 11.6 Å². The molecule has 2 aliphatic rings. The van der Waals surface area contributed by atoms with Crippen molar-refractivity contribution in [1.82, 2.24) is 0 Å². The van der Waals surface area contributed by atoms with Gasteiger partial charge in [0.1, 0.15) is 5.83 Å². The molecule has 2 aliphatic carbocycles. The highest BCUT2D eigenvalue weighted by Gasteiger charge is 2.42. The first-order chi connectivity index (χ1) is 9.32. The molecule has 4 atom stereocenters. The van der Waals surface area contributed by atoms with Crippen molar-refractivity contribution in [1.29, 1.82) is 0 Å². The van der Waals surface area contributed by atoms with Crippen molar-refractivity contribution in [2.24, 2.45) is 22.6 Å². The van der Waals surface area contributed by atoms with Gasteiger partial charge in [0.25, 0.3) is 0 Å². The van der Waals surface area contributed by atoms with Gasteiger partial charge in [-0.25, -0.2) is 4.39 Å². The number of hydrogen-bond acceptors (Lipinski definition) is 4. The zero-order chi connectivity index (χ0) is 15.0. The molecule has 0 spiro atoms. The number of halogens is 1. The van der Waals surface area contributed by atoms with Gasteiger partial charge in [0.2, 0.25) is 0 Å². The molecule has 5 heteroatoms. The molecule has 0 aromatic heterocycles. The Bertz CT molecular complexity index is 518. The van der Waals surface area contributed by atoms with Gasteiger partial charge < -0.3 is 15.9 Å². The number of aliphatic hydroxyl groups excluding tert-OH is 2. The first kappa shape index (κ1) is 14.9. The molecular weight excluding hydrogens is 259 g/mol. The number of aliphatic hydroxyl groups is 2. The van der Waals surface area contributed by atoms with E-state index in [-0.39, 0.29) is 23.1 Å². The maximum atomic E-state index is 14.1. The molecule has 0 saturated heterocycles. The Morgan fingerprint density at radius 2 is 2.05 bits per heavy atom. The third-order valence-electron chi connectivity index (χ3n) is 3.89. The maximum absolute atomic E-state index is 14.1. The molecule has 4 unspecified atom stereocenters. The summed E-state index contributed by atoms with van der Waals surface area (Å²) in [5.74, 6) is -1.06. The molecular formula is C15H21FN2O2. The number of nitrogens with two attached hydrogens (primary N) is 1. The van der Waals surface area contributed by atoms with E-state index >= 15 is 0 Å². The Morgan fingerprint density at radius 3 is 2.50 bits per heavy atom. The molecule has 0 radical (unpaired) electrons. The highest BCUT2D eigenvalue weighted by Crippen LogP contribution is 2.44. The Balaban J connectivity index is 2.43. The minimum absolute atomic E-state index is 0.134. The van der Waals surface area contributed by atoms with Crippen LogP contribution in [-0.2, 0) is 0 Å². The number of allylic oxidation sites excluding steroid dienone is 2. The predicted octanol–water partition coefficient (Wildman–Crippen LogP) is 1.81. The fraction of sp³-hybridized carbons (Fsp3) is 0.533. The van der Waals surface area contributed by atoms with Crippen LogP contribution in [0.25, 0.3) is 0 Å². The number of aliphatic imine (C=N–C) groups is 1. The fourth-order valence-electron chi connectivity index (χ4n) is 3.01. The van der Waals surface area contributed by atoms with Crippen molar-refractivity contribution in [3.05, 3.63) is 35.4 Å². The van der Waals surface area contributed by atoms with E-state index in [0.29, 0.717) is 18.5 Å². The summed E-state index contributed by atoms with van der Waals surface area (Å²) in [4.78, 5) is 4.39. The zero-order valence-electron chi connectivity index (χ0n) is 11.8. The van der Waals surface area contributed by atoms with E-state index in [4.69, 9.17) is 5.73 Å². The van der Waals surface area contributed by atoms with Crippen molar-refractivity contribution >= 4 is 5.71 Å². The van der Waals surface area contributed by atoms with Crippen molar-refractivity contribution in [3.8, 4) is 0 Å². The third-order valence-corrected chi connectivity index (χ3v) is 3.89. The summed E-state index contributed by atoms with van der Waals surface area (Å²) in [5, 5.41) is 19.7.